The highest BCUT2D eigenvalue weighted by Crippen LogP contribution is 2.52. The van der Waals surface area contributed by atoms with Crippen molar-refractivity contribution < 1.29 is 27.8 Å². The lowest BCUT2D eigenvalue weighted by Crippen LogP contribution is -2.46. The quantitative estimate of drug-likeness (QED) is 0.280. The summed E-state index contributed by atoms with van der Waals surface area (Å²) in [5, 5.41) is 2.96. The molecule has 1 aliphatic rings. The van der Waals surface area contributed by atoms with Crippen molar-refractivity contribution in [2.24, 2.45) is 5.73 Å². The normalized spacial score (nSPS) is 16.3. The molecule has 8 heteroatoms. The third-order valence-corrected chi connectivity index (χ3v) is 7.67. The first-order valence-electron chi connectivity index (χ1n) is 13.5. The number of methoxy groups -OCH3 is 1. The Hall–Kier alpha value is -3.00. The van der Waals surface area contributed by atoms with Gasteiger partial charge in [0.15, 0.2) is 6.10 Å². The molecule has 1 saturated carbocycles. The molecule has 3 rings (SSSR count). The van der Waals surface area contributed by atoms with E-state index >= 15 is 0 Å². The van der Waals surface area contributed by atoms with E-state index in [4.69, 9.17) is 15.2 Å². The molecular weight excluding hydrogens is 490 g/mol. The fraction of sp³-hybridized carbons (Fsp3) is 0.533. The van der Waals surface area contributed by atoms with Crippen LogP contribution in [-0.2, 0) is 26.1 Å². The second-order valence-corrected chi connectivity index (χ2v) is 10.2. The molecule has 0 aromatic heterocycles. The molecule has 208 valence electrons. The standard InChI is InChI=1S/C30H40F2N2O4/c1-4-6-7-21(24-14-13-23(31)19-25(24)32)10-15-27(34-29(33)36)30(16-17-30)22-11-8-20(9-12-22)18-26(38-5-2)28(35)37-3/h8-9,11-14,19,21,26-27H,4-7,10,15-18H2,1-3H3,(H3,33,34,36). The second-order valence-electron chi connectivity index (χ2n) is 10.2. The van der Waals surface area contributed by atoms with Crippen molar-refractivity contribution in [1.82, 2.24) is 5.32 Å². The molecule has 1 fully saturated rings. The van der Waals surface area contributed by atoms with Crippen LogP contribution in [0.2, 0.25) is 0 Å². The minimum Gasteiger partial charge on any atom is -0.467 e. The number of esters is 1. The molecule has 2 amide bonds. The van der Waals surface area contributed by atoms with Gasteiger partial charge in [-0.2, -0.15) is 0 Å². The van der Waals surface area contributed by atoms with Crippen LogP contribution in [0.3, 0.4) is 0 Å². The lowest BCUT2D eigenvalue weighted by molar-refractivity contribution is -0.153. The largest absolute Gasteiger partial charge is 0.467 e. The van der Waals surface area contributed by atoms with E-state index in [0.29, 0.717) is 31.4 Å². The molecule has 1 aliphatic carbocycles. The summed E-state index contributed by atoms with van der Waals surface area (Å²) in [6.45, 7) is 4.32. The van der Waals surface area contributed by atoms with E-state index in [0.717, 1.165) is 49.3 Å². The number of ether oxygens (including phenoxy) is 2. The van der Waals surface area contributed by atoms with Gasteiger partial charge in [-0.05, 0) is 67.7 Å². The molecule has 0 aliphatic heterocycles. The Bertz CT molecular complexity index is 1070. The molecule has 0 heterocycles. The zero-order valence-electron chi connectivity index (χ0n) is 22.6. The van der Waals surface area contributed by atoms with E-state index in [-0.39, 0.29) is 17.4 Å². The van der Waals surface area contributed by atoms with Gasteiger partial charge in [0.05, 0.1) is 7.11 Å². The Kier molecular flexibility index (Phi) is 10.6. The van der Waals surface area contributed by atoms with Gasteiger partial charge in [-0.3, -0.25) is 0 Å². The number of hydrogen-bond donors (Lipinski definition) is 2. The molecule has 0 bridgehead atoms. The van der Waals surface area contributed by atoms with E-state index in [1.807, 2.05) is 31.2 Å². The Morgan fingerprint density at radius 1 is 1.05 bits per heavy atom. The number of rotatable bonds is 15. The highest BCUT2D eigenvalue weighted by Gasteiger charge is 2.51. The number of nitrogens with one attached hydrogen (secondary N) is 1. The number of halogens is 2. The topological polar surface area (TPSA) is 90.6 Å². The van der Waals surface area contributed by atoms with Crippen LogP contribution in [0.5, 0.6) is 0 Å². The summed E-state index contributed by atoms with van der Waals surface area (Å²) in [5.74, 6) is -1.61. The molecule has 2 aromatic rings. The lowest BCUT2D eigenvalue weighted by atomic mass is 9.81. The molecule has 3 atom stereocenters. The highest BCUT2D eigenvalue weighted by molar-refractivity contribution is 5.75. The average molecular weight is 531 g/mol. The van der Waals surface area contributed by atoms with Gasteiger partial charge in [-0.1, -0.05) is 50.1 Å². The van der Waals surface area contributed by atoms with Crippen LogP contribution in [-0.4, -0.2) is 37.9 Å². The molecule has 0 spiro atoms. The fourth-order valence-corrected chi connectivity index (χ4v) is 5.47. The van der Waals surface area contributed by atoms with Gasteiger partial charge in [0.1, 0.15) is 11.6 Å². The van der Waals surface area contributed by atoms with E-state index < -0.39 is 29.7 Å². The monoisotopic (exact) mass is 530 g/mol. The molecule has 0 saturated heterocycles. The molecule has 3 N–H and O–H groups in total. The van der Waals surface area contributed by atoms with Crippen molar-refractivity contribution in [1.29, 1.82) is 0 Å². The Morgan fingerprint density at radius 2 is 1.76 bits per heavy atom. The van der Waals surface area contributed by atoms with Crippen LogP contribution < -0.4 is 11.1 Å². The summed E-state index contributed by atoms with van der Waals surface area (Å²) in [5.41, 5.74) is 7.86. The first kappa shape index (κ1) is 29.6. The van der Waals surface area contributed by atoms with Crippen LogP contribution in [0.25, 0.3) is 0 Å². The Morgan fingerprint density at radius 3 is 2.32 bits per heavy atom. The summed E-state index contributed by atoms with van der Waals surface area (Å²) in [6, 6.07) is 11.0. The van der Waals surface area contributed by atoms with Crippen molar-refractivity contribution in [3.63, 3.8) is 0 Å². The smallest absolute Gasteiger partial charge is 0.335 e. The molecule has 6 nitrogen and oxygen atoms in total. The predicted octanol–water partition coefficient (Wildman–Crippen LogP) is 5.91. The number of unbranched alkanes of at least 4 members (excludes halogenated alkanes) is 1. The van der Waals surface area contributed by atoms with Crippen LogP contribution in [0.4, 0.5) is 13.6 Å². The molecule has 3 unspecified atom stereocenters. The number of benzene rings is 2. The maximum atomic E-state index is 14.7. The summed E-state index contributed by atoms with van der Waals surface area (Å²) in [4.78, 5) is 24.0. The van der Waals surface area contributed by atoms with Gasteiger partial charge in [0.2, 0.25) is 0 Å². The van der Waals surface area contributed by atoms with Gasteiger partial charge >= 0.3 is 12.0 Å². The molecular formula is C30H40F2N2O4. The summed E-state index contributed by atoms with van der Waals surface area (Å²) in [6.07, 6.45) is 5.46. The fourth-order valence-electron chi connectivity index (χ4n) is 5.47. The number of primary amides is 1. The Labute approximate surface area is 224 Å². The van der Waals surface area contributed by atoms with Gasteiger partial charge in [0.25, 0.3) is 0 Å². The van der Waals surface area contributed by atoms with E-state index in [1.165, 1.54) is 19.2 Å². The van der Waals surface area contributed by atoms with Crippen molar-refractivity contribution in [3.05, 3.63) is 70.8 Å². The SMILES string of the molecule is CCCCC(CCC(NC(N)=O)C1(c2ccc(CC(OCC)C(=O)OC)cc2)CC1)c1ccc(F)cc1F. The molecule has 2 aromatic carbocycles. The Balaban J connectivity index is 1.78. The van der Waals surface area contributed by atoms with Crippen molar-refractivity contribution in [2.45, 2.75) is 88.7 Å². The molecule has 38 heavy (non-hydrogen) atoms. The minimum absolute atomic E-state index is 0.0836. The third kappa shape index (κ3) is 7.53. The number of urea groups is 1. The van der Waals surface area contributed by atoms with E-state index in [9.17, 15) is 18.4 Å². The van der Waals surface area contributed by atoms with E-state index in [2.05, 4.69) is 12.2 Å². The maximum absolute atomic E-state index is 14.7. The first-order chi connectivity index (χ1) is 18.2. The van der Waals surface area contributed by atoms with Gasteiger partial charge in [-0.25, -0.2) is 18.4 Å². The third-order valence-electron chi connectivity index (χ3n) is 7.67. The van der Waals surface area contributed by atoms with Crippen molar-refractivity contribution >= 4 is 12.0 Å². The van der Waals surface area contributed by atoms with Gasteiger partial charge in [0, 0.05) is 30.6 Å². The second kappa shape index (κ2) is 13.7. The summed E-state index contributed by atoms with van der Waals surface area (Å²) < 4.78 is 38.6. The molecule has 0 radical (unpaired) electrons. The lowest BCUT2D eigenvalue weighted by Gasteiger charge is -2.30. The summed E-state index contributed by atoms with van der Waals surface area (Å²) in [7, 11) is 1.34. The van der Waals surface area contributed by atoms with Crippen LogP contribution in [0.1, 0.15) is 81.4 Å². The van der Waals surface area contributed by atoms with Crippen molar-refractivity contribution in [2.75, 3.05) is 13.7 Å². The van der Waals surface area contributed by atoms with Gasteiger partial charge < -0.3 is 20.5 Å². The predicted molar refractivity (Wildman–Crippen MR) is 143 cm³/mol. The zero-order chi connectivity index (χ0) is 27.7. The highest BCUT2D eigenvalue weighted by atomic mass is 19.1. The van der Waals surface area contributed by atoms with Crippen molar-refractivity contribution in [3.8, 4) is 0 Å². The van der Waals surface area contributed by atoms with Crippen LogP contribution >= 0.6 is 0 Å². The van der Waals surface area contributed by atoms with Gasteiger partial charge in [-0.15, -0.1) is 0 Å². The maximum Gasteiger partial charge on any atom is 0.335 e. The number of hydrogen-bond acceptors (Lipinski definition) is 4. The van der Waals surface area contributed by atoms with E-state index in [1.54, 1.807) is 0 Å². The number of carbonyl (C=O) groups is 2. The average Bonchev–Trinajstić information content (AvgIpc) is 3.70. The number of amides is 2. The summed E-state index contributed by atoms with van der Waals surface area (Å²) >= 11 is 0. The first-order valence-corrected chi connectivity index (χ1v) is 13.5. The van der Waals surface area contributed by atoms with Crippen LogP contribution in [0.15, 0.2) is 42.5 Å². The van der Waals surface area contributed by atoms with Crippen LogP contribution in [0, 0.1) is 11.6 Å². The number of carbonyl (C=O) groups excluding carboxylic acids is 2. The number of nitrogens with two attached hydrogens (primary N) is 1. The zero-order valence-corrected chi connectivity index (χ0v) is 22.6. The minimum atomic E-state index is -0.665.